The molecule has 2 rings (SSSR count). The first kappa shape index (κ1) is 13.1. The second kappa shape index (κ2) is 5.52. The molecule has 1 amide bonds. The molecule has 1 aliphatic heterocycles. The van der Waals surface area contributed by atoms with Gasteiger partial charge in [0.1, 0.15) is 5.69 Å². The van der Waals surface area contributed by atoms with Crippen molar-refractivity contribution in [2.75, 3.05) is 13.1 Å². The first-order valence-electron chi connectivity index (χ1n) is 6.69. The van der Waals surface area contributed by atoms with Crippen molar-refractivity contribution in [3.8, 4) is 0 Å². The monoisotopic (exact) mass is 251 g/mol. The second-order valence-corrected chi connectivity index (χ2v) is 4.74. The molecular weight excluding hydrogens is 230 g/mol. The van der Waals surface area contributed by atoms with Crippen molar-refractivity contribution in [1.29, 1.82) is 0 Å². The van der Waals surface area contributed by atoms with Crippen LogP contribution < -0.4 is 0 Å². The molecule has 1 aromatic heterocycles. The van der Waals surface area contributed by atoms with Crippen molar-refractivity contribution in [2.45, 2.75) is 45.8 Å². The molecule has 100 valence electrons. The summed E-state index contributed by atoms with van der Waals surface area (Å²) in [6, 6.07) is 1.87. The number of piperidine rings is 1. The van der Waals surface area contributed by atoms with E-state index in [0.29, 0.717) is 18.8 Å². The van der Waals surface area contributed by atoms with Gasteiger partial charge in [0.15, 0.2) is 0 Å². The van der Waals surface area contributed by atoms with Crippen LogP contribution in [-0.4, -0.2) is 44.9 Å². The van der Waals surface area contributed by atoms with Crippen LogP contribution in [0.1, 0.15) is 42.9 Å². The van der Waals surface area contributed by atoms with Crippen molar-refractivity contribution in [1.82, 2.24) is 14.7 Å². The number of amides is 1. The molecule has 1 aliphatic rings. The van der Waals surface area contributed by atoms with E-state index in [-0.39, 0.29) is 12.0 Å². The van der Waals surface area contributed by atoms with E-state index in [0.717, 1.165) is 31.5 Å². The molecule has 0 spiro atoms. The minimum atomic E-state index is -0.383. The zero-order valence-corrected chi connectivity index (χ0v) is 11.1. The summed E-state index contributed by atoms with van der Waals surface area (Å²) in [6.07, 6.45) is 2.10. The molecule has 0 aromatic carbocycles. The Morgan fingerprint density at radius 3 is 2.94 bits per heavy atom. The molecule has 0 saturated carbocycles. The molecule has 1 atom stereocenters. The van der Waals surface area contributed by atoms with E-state index in [2.05, 4.69) is 5.10 Å². The van der Waals surface area contributed by atoms with Crippen molar-refractivity contribution in [3.05, 3.63) is 17.5 Å². The lowest BCUT2D eigenvalue weighted by Gasteiger charge is -2.30. The number of nitrogens with zero attached hydrogens (tertiary/aromatic N) is 3. The van der Waals surface area contributed by atoms with Crippen molar-refractivity contribution >= 4 is 5.91 Å². The van der Waals surface area contributed by atoms with Crippen LogP contribution in [0, 0.1) is 0 Å². The average molecular weight is 251 g/mol. The van der Waals surface area contributed by atoms with Crippen LogP contribution in [0.25, 0.3) is 0 Å². The predicted octanol–water partition coefficient (Wildman–Crippen LogP) is 1.06. The lowest BCUT2D eigenvalue weighted by molar-refractivity contribution is 0.0463. The fourth-order valence-electron chi connectivity index (χ4n) is 2.36. The topological polar surface area (TPSA) is 58.4 Å². The average Bonchev–Trinajstić information content (AvgIpc) is 2.81. The first-order valence-corrected chi connectivity index (χ1v) is 6.69. The lowest BCUT2D eigenvalue weighted by atomic mass is 10.1. The fourth-order valence-corrected chi connectivity index (χ4v) is 2.36. The van der Waals surface area contributed by atoms with E-state index in [1.54, 1.807) is 9.58 Å². The number of aryl methyl sites for hydroxylation is 2. The van der Waals surface area contributed by atoms with E-state index in [1.165, 1.54) is 0 Å². The van der Waals surface area contributed by atoms with Crippen LogP contribution in [0.4, 0.5) is 0 Å². The molecule has 0 aliphatic carbocycles. The van der Waals surface area contributed by atoms with E-state index in [1.807, 2.05) is 19.9 Å². The number of hydrogen-bond donors (Lipinski definition) is 1. The van der Waals surface area contributed by atoms with Gasteiger partial charge in [0.2, 0.25) is 0 Å². The van der Waals surface area contributed by atoms with Crippen LogP contribution in [-0.2, 0) is 13.0 Å². The molecule has 1 aromatic rings. The van der Waals surface area contributed by atoms with Gasteiger partial charge in [0, 0.05) is 19.6 Å². The predicted molar refractivity (Wildman–Crippen MR) is 68.4 cm³/mol. The minimum Gasteiger partial charge on any atom is -0.391 e. The maximum Gasteiger partial charge on any atom is 0.272 e. The Morgan fingerprint density at radius 1 is 1.56 bits per heavy atom. The van der Waals surface area contributed by atoms with Gasteiger partial charge in [0.25, 0.3) is 5.91 Å². The molecule has 0 radical (unpaired) electrons. The van der Waals surface area contributed by atoms with Crippen LogP contribution in [0.5, 0.6) is 0 Å². The maximum atomic E-state index is 12.4. The third-order valence-electron chi connectivity index (χ3n) is 3.40. The number of carbonyl (C=O) groups is 1. The number of carbonyl (C=O) groups excluding carboxylic acids is 1. The fraction of sp³-hybridized carbons (Fsp3) is 0.692. The second-order valence-electron chi connectivity index (χ2n) is 4.74. The van der Waals surface area contributed by atoms with Gasteiger partial charge in [-0.2, -0.15) is 5.10 Å². The molecule has 1 fully saturated rings. The van der Waals surface area contributed by atoms with Crippen LogP contribution >= 0.6 is 0 Å². The Balaban J connectivity index is 2.19. The smallest absolute Gasteiger partial charge is 0.272 e. The van der Waals surface area contributed by atoms with Crippen molar-refractivity contribution in [2.24, 2.45) is 0 Å². The van der Waals surface area contributed by atoms with Gasteiger partial charge in [-0.25, -0.2) is 0 Å². The van der Waals surface area contributed by atoms with Gasteiger partial charge in [-0.1, -0.05) is 6.92 Å². The number of aliphatic hydroxyl groups is 1. The van der Waals surface area contributed by atoms with E-state index < -0.39 is 0 Å². The van der Waals surface area contributed by atoms with Gasteiger partial charge in [-0.05, 0) is 32.3 Å². The highest BCUT2D eigenvalue weighted by Gasteiger charge is 2.25. The Bertz CT molecular complexity index is 428. The van der Waals surface area contributed by atoms with Gasteiger partial charge in [-0.3, -0.25) is 9.48 Å². The molecular formula is C13H21N3O2. The number of rotatable bonds is 3. The molecule has 0 bridgehead atoms. The summed E-state index contributed by atoms with van der Waals surface area (Å²) in [4.78, 5) is 14.1. The molecule has 5 heteroatoms. The van der Waals surface area contributed by atoms with Crippen molar-refractivity contribution in [3.63, 3.8) is 0 Å². The Labute approximate surface area is 107 Å². The normalized spacial score (nSPS) is 20.2. The highest BCUT2D eigenvalue weighted by molar-refractivity contribution is 5.92. The molecule has 1 N–H and O–H groups in total. The molecule has 5 nitrogen and oxygen atoms in total. The third-order valence-corrected chi connectivity index (χ3v) is 3.40. The standard InChI is InChI=1S/C13H21N3O2/c1-3-10-8-12(16(4-2)14-10)13(18)15-7-5-6-11(17)9-15/h8,11,17H,3-7,9H2,1-2H3/t11-/m0/s1. The molecule has 0 unspecified atom stereocenters. The largest absolute Gasteiger partial charge is 0.391 e. The molecule has 18 heavy (non-hydrogen) atoms. The van der Waals surface area contributed by atoms with Crippen LogP contribution in [0.15, 0.2) is 6.07 Å². The zero-order valence-electron chi connectivity index (χ0n) is 11.1. The summed E-state index contributed by atoms with van der Waals surface area (Å²) in [6.45, 7) is 5.87. The SMILES string of the molecule is CCc1cc(C(=O)N2CCC[C@H](O)C2)n(CC)n1. The molecule has 2 heterocycles. The van der Waals surface area contributed by atoms with Gasteiger partial charge >= 0.3 is 0 Å². The summed E-state index contributed by atoms with van der Waals surface area (Å²) in [5.74, 6) is -0.0113. The van der Waals surface area contributed by atoms with E-state index in [9.17, 15) is 9.90 Å². The summed E-state index contributed by atoms with van der Waals surface area (Å²) in [5, 5.41) is 14.0. The highest BCUT2D eigenvalue weighted by Crippen LogP contribution is 2.15. The summed E-state index contributed by atoms with van der Waals surface area (Å²) in [7, 11) is 0. The molecule has 1 saturated heterocycles. The van der Waals surface area contributed by atoms with Gasteiger partial charge in [-0.15, -0.1) is 0 Å². The van der Waals surface area contributed by atoms with Crippen LogP contribution in [0.2, 0.25) is 0 Å². The quantitative estimate of drug-likeness (QED) is 0.874. The van der Waals surface area contributed by atoms with Gasteiger partial charge < -0.3 is 10.0 Å². The number of aromatic nitrogens is 2. The summed E-state index contributed by atoms with van der Waals surface area (Å²) < 4.78 is 1.75. The highest BCUT2D eigenvalue weighted by atomic mass is 16.3. The van der Waals surface area contributed by atoms with Crippen LogP contribution in [0.3, 0.4) is 0 Å². The minimum absolute atomic E-state index is 0.0113. The first-order chi connectivity index (χ1) is 8.65. The van der Waals surface area contributed by atoms with E-state index >= 15 is 0 Å². The third kappa shape index (κ3) is 2.56. The summed E-state index contributed by atoms with van der Waals surface area (Å²) >= 11 is 0. The lowest BCUT2D eigenvalue weighted by Crippen LogP contribution is -2.42. The van der Waals surface area contributed by atoms with Gasteiger partial charge in [0.05, 0.1) is 11.8 Å². The number of hydrogen-bond acceptors (Lipinski definition) is 3. The summed E-state index contributed by atoms with van der Waals surface area (Å²) in [5.41, 5.74) is 1.58. The Hall–Kier alpha value is -1.36. The Kier molecular flexibility index (Phi) is 4.01. The number of aliphatic hydroxyl groups excluding tert-OH is 1. The Morgan fingerprint density at radius 2 is 2.33 bits per heavy atom. The number of β-amino-alcohol motifs (C(OH)–C–C–N with tert-alkyl or cyclic N) is 1. The number of likely N-dealkylation sites (tertiary alicyclic amines) is 1. The van der Waals surface area contributed by atoms with Crippen molar-refractivity contribution < 1.29 is 9.90 Å². The maximum absolute atomic E-state index is 12.4. The zero-order chi connectivity index (χ0) is 13.1. The van der Waals surface area contributed by atoms with E-state index in [4.69, 9.17) is 0 Å².